The van der Waals surface area contributed by atoms with Gasteiger partial charge in [0.2, 0.25) is 5.91 Å². The monoisotopic (exact) mass is 995 g/mol. The molecule has 9 nitrogen and oxygen atoms in total. The zero-order chi connectivity index (χ0) is 51.5. The van der Waals surface area contributed by atoms with Gasteiger partial charge in [-0.1, -0.05) is 201 Å². The number of nitrogens with one attached hydrogen (secondary N) is 1. The molecule has 0 rings (SSSR count). The predicted molar refractivity (Wildman–Crippen MR) is 297 cm³/mol. The van der Waals surface area contributed by atoms with Crippen molar-refractivity contribution in [2.24, 2.45) is 0 Å². The van der Waals surface area contributed by atoms with Gasteiger partial charge in [0.1, 0.15) is 19.3 Å². The molecular formula is C60H103N2O7P. The number of phosphoric ester groups is 1. The van der Waals surface area contributed by atoms with E-state index in [1.807, 2.05) is 27.2 Å². The Morgan fingerprint density at radius 1 is 0.514 bits per heavy atom. The van der Waals surface area contributed by atoms with E-state index < -0.39 is 32.5 Å². The number of nitrogens with zero attached hydrogens (tertiary/aromatic N) is 1. The van der Waals surface area contributed by atoms with E-state index in [1.54, 1.807) is 6.08 Å². The molecule has 0 aromatic rings. The van der Waals surface area contributed by atoms with Crippen molar-refractivity contribution in [3.05, 3.63) is 109 Å². The maximum atomic E-state index is 13.5. The van der Waals surface area contributed by atoms with E-state index in [1.165, 1.54) is 44.9 Å². The molecule has 0 bridgehead atoms. The zero-order valence-corrected chi connectivity index (χ0v) is 46.3. The molecule has 3 unspecified atom stereocenters. The Morgan fingerprint density at radius 3 is 1.40 bits per heavy atom. The van der Waals surface area contributed by atoms with Crippen LogP contribution < -0.4 is 10.2 Å². The van der Waals surface area contributed by atoms with Crippen LogP contribution in [-0.2, 0) is 27.9 Å². The molecule has 0 fully saturated rings. The molecule has 0 aromatic heterocycles. The average molecular weight is 995 g/mol. The molecule has 70 heavy (non-hydrogen) atoms. The van der Waals surface area contributed by atoms with Crippen molar-refractivity contribution in [2.45, 2.75) is 219 Å². The standard InChI is InChI=1S/C60H103N2O7P/c1-7-10-13-16-19-22-25-27-29-31-33-35-38-41-44-47-50-53-60(64)69-58(51-48-45-42-39-36-24-21-18-15-12-9-3)57(56-68-70(65,66)67-55-54-62(4,5)6)61-59(63)52-49-46-43-40-37-34-32-30-28-26-23-20-17-14-11-8-2/h10-11,13-14,19-20,22-23,27-30,33,35,41,44,48,51,57-58H,7-9,12,15-18,21,24-26,31-32,34,36-40,42-43,45-47,49-50,52-56H2,1-6H3,(H-,61,63,65,66)/b13-10-,14-11+,22-19-,23-20+,29-27-,30-28+,35-33-,44-41-,51-48+. The summed E-state index contributed by atoms with van der Waals surface area (Å²) in [6, 6.07) is -0.924. The summed E-state index contributed by atoms with van der Waals surface area (Å²) in [6.45, 7) is 6.53. The number of esters is 1. The van der Waals surface area contributed by atoms with Crippen molar-refractivity contribution in [3.8, 4) is 0 Å². The Balaban J connectivity index is 5.47. The van der Waals surface area contributed by atoms with Crippen LogP contribution >= 0.6 is 7.82 Å². The van der Waals surface area contributed by atoms with Crippen LogP contribution in [-0.4, -0.2) is 69.4 Å². The van der Waals surface area contributed by atoms with Gasteiger partial charge in [0.25, 0.3) is 7.82 Å². The Hall–Kier alpha value is -3.33. The van der Waals surface area contributed by atoms with Crippen molar-refractivity contribution < 1.29 is 37.3 Å². The van der Waals surface area contributed by atoms with Crippen LogP contribution in [0.1, 0.15) is 207 Å². The van der Waals surface area contributed by atoms with Gasteiger partial charge in [-0.25, -0.2) is 0 Å². The highest BCUT2D eigenvalue weighted by molar-refractivity contribution is 7.45. The predicted octanol–water partition coefficient (Wildman–Crippen LogP) is 16.0. The number of amides is 1. The molecule has 0 saturated heterocycles. The lowest BCUT2D eigenvalue weighted by Gasteiger charge is -2.30. The van der Waals surface area contributed by atoms with E-state index in [0.717, 1.165) is 116 Å². The average Bonchev–Trinajstić information content (AvgIpc) is 3.32. The summed E-state index contributed by atoms with van der Waals surface area (Å²) in [7, 11) is 1.13. The molecule has 0 aliphatic rings. The van der Waals surface area contributed by atoms with Crippen molar-refractivity contribution in [1.82, 2.24) is 5.32 Å². The first-order valence-electron chi connectivity index (χ1n) is 27.7. The minimum absolute atomic E-state index is 0.0397. The van der Waals surface area contributed by atoms with E-state index in [0.29, 0.717) is 23.9 Å². The van der Waals surface area contributed by atoms with Gasteiger partial charge in [0.15, 0.2) is 0 Å². The smallest absolute Gasteiger partial charge is 0.306 e. The molecule has 10 heteroatoms. The highest BCUT2D eigenvalue weighted by Crippen LogP contribution is 2.38. The molecule has 1 amide bonds. The van der Waals surface area contributed by atoms with Gasteiger partial charge in [-0.3, -0.25) is 14.2 Å². The second-order valence-electron chi connectivity index (χ2n) is 19.3. The Labute approximate surface area is 430 Å². The van der Waals surface area contributed by atoms with Crippen molar-refractivity contribution >= 4 is 19.7 Å². The number of carbonyl (C=O) groups excluding carboxylic acids is 2. The fourth-order valence-corrected chi connectivity index (χ4v) is 7.94. The molecule has 0 radical (unpaired) electrons. The first-order valence-corrected chi connectivity index (χ1v) is 29.2. The number of likely N-dealkylation sites (N-methyl/N-ethyl adjacent to an activating group) is 1. The lowest BCUT2D eigenvalue weighted by molar-refractivity contribution is -0.870. The Bertz CT molecular complexity index is 1570. The highest BCUT2D eigenvalue weighted by Gasteiger charge is 2.27. The van der Waals surface area contributed by atoms with E-state index >= 15 is 0 Å². The van der Waals surface area contributed by atoms with Gasteiger partial charge >= 0.3 is 5.97 Å². The maximum Gasteiger partial charge on any atom is 0.306 e. The number of phosphoric acid groups is 1. The molecule has 0 saturated carbocycles. The molecule has 0 heterocycles. The second-order valence-corrected chi connectivity index (χ2v) is 20.7. The summed E-state index contributed by atoms with van der Waals surface area (Å²) in [5, 5.41) is 2.99. The quantitative estimate of drug-likeness (QED) is 0.0212. The van der Waals surface area contributed by atoms with Crippen LogP contribution in [0.5, 0.6) is 0 Å². The molecular weight excluding hydrogens is 892 g/mol. The largest absolute Gasteiger partial charge is 0.756 e. The van der Waals surface area contributed by atoms with Gasteiger partial charge in [0.05, 0.1) is 33.8 Å². The molecule has 0 aliphatic carbocycles. The normalized spacial score (nSPS) is 14.7. The topological polar surface area (TPSA) is 114 Å². The summed E-state index contributed by atoms with van der Waals surface area (Å²) in [4.78, 5) is 39.8. The fraction of sp³-hybridized carbons (Fsp3) is 0.667. The minimum Gasteiger partial charge on any atom is -0.756 e. The summed E-state index contributed by atoms with van der Waals surface area (Å²) in [6.07, 6.45) is 66.3. The van der Waals surface area contributed by atoms with Gasteiger partial charge in [-0.2, -0.15) is 0 Å². The number of ether oxygens (including phenoxy) is 1. The van der Waals surface area contributed by atoms with E-state index in [9.17, 15) is 19.0 Å². The number of hydrogen-bond acceptors (Lipinski definition) is 7. The number of carbonyl (C=O) groups is 2. The molecule has 400 valence electrons. The van der Waals surface area contributed by atoms with Crippen molar-refractivity contribution in [1.29, 1.82) is 0 Å². The fourth-order valence-electron chi connectivity index (χ4n) is 7.22. The minimum atomic E-state index is -4.71. The van der Waals surface area contributed by atoms with E-state index in [-0.39, 0.29) is 25.4 Å². The summed E-state index contributed by atoms with van der Waals surface area (Å²) in [5.41, 5.74) is 0. The van der Waals surface area contributed by atoms with Gasteiger partial charge in [-0.05, 0) is 102 Å². The van der Waals surface area contributed by atoms with Gasteiger partial charge in [0, 0.05) is 12.8 Å². The third kappa shape index (κ3) is 49.6. The molecule has 0 spiro atoms. The zero-order valence-electron chi connectivity index (χ0n) is 45.4. The lowest BCUT2D eigenvalue weighted by atomic mass is 10.1. The van der Waals surface area contributed by atoms with Crippen LogP contribution in [0.2, 0.25) is 0 Å². The van der Waals surface area contributed by atoms with Crippen molar-refractivity contribution in [2.75, 3.05) is 40.9 Å². The van der Waals surface area contributed by atoms with E-state index in [4.69, 9.17) is 13.8 Å². The highest BCUT2D eigenvalue weighted by atomic mass is 31.2. The van der Waals surface area contributed by atoms with Crippen molar-refractivity contribution in [3.63, 3.8) is 0 Å². The third-order valence-corrected chi connectivity index (χ3v) is 12.4. The van der Waals surface area contributed by atoms with Crippen LogP contribution in [0.3, 0.4) is 0 Å². The maximum absolute atomic E-state index is 13.5. The van der Waals surface area contributed by atoms with Gasteiger partial charge < -0.3 is 28.5 Å². The Kier molecular flexibility index (Phi) is 46.9. The number of unbranched alkanes of at least 4 members (excludes halogenated alkanes) is 16. The Morgan fingerprint density at radius 2 is 0.929 bits per heavy atom. The lowest BCUT2D eigenvalue weighted by Crippen LogP contribution is -2.47. The number of hydrogen-bond donors (Lipinski definition) is 1. The second kappa shape index (κ2) is 49.3. The SMILES string of the molecule is CC/C=C\C/C=C\C/C=C\C/C=C\C/C=C\CCCC(=O)OC(/C=C/CCCCCCCCCCC)C(COP(=O)([O-])OCC[N+](C)(C)C)NC(=O)CCCCCCCC/C=C/C/C=C/C/C=C/CC. The first kappa shape index (κ1) is 66.7. The van der Waals surface area contributed by atoms with Crippen LogP contribution in [0.25, 0.3) is 0 Å². The van der Waals surface area contributed by atoms with E-state index in [2.05, 4.69) is 123 Å². The number of allylic oxidation sites excluding steroid dienone is 17. The molecule has 0 aromatic carbocycles. The van der Waals surface area contributed by atoms with Gasteiger partial charge in [-0.15, -0.1) is 0 Å². The third-order valence-electron chi connectivity index (χ3n) is 11.4. The molecule has 0 aliphatic heterocycles. The number of quaternary nitrogens is 1. The first-order chi connectivity index (χ1) is 33.9. The summed E-state index contributed by atoms with van der Waals surface area (Å²) >= 11 is 0. The summed E-state index contributed by atoms with van der Waals surface area (Å²) in [5.74, 6) is -0.635. The molecule has 1 N–H and O–H groups in total. The van der Waals surface area contributed by atoms with Crippen LogP contribution in [0.15, 0.2) is 109 Å². The summed E-state index contributed by atoms with van der Waals surface area (Å²) < 4.78 is 30.1. The molecule has 3 atom stereocenters. The van der Waals surface area contributed by atoms with Crippen LogP contribution in [0.4, 0.5) is 0 Å². The number of rotatable bonds is 48. The van der Waals surface area contributed by atoms with Crippen LogP contribution in [0, 0.1) is 0 Å².